The molecule has 1 atom stereocenters. The number of halogens is 1. The minimum Gasteiger partial charge on any atom is -0.462 e. The van der Waals surface area contributed by atoms with Crippen LogP contribution in [-0.4, -0.2) is 54.3 Å². The molecule has 1 aliphatic rings. The molecule has 0 spiro atoms. The van der Waals surface area contributed by atoms with E-state index in [4.69, 9.17) is 16.3 Å². The van der Waals surface area contributed by atoms with Crippen molar-refractivity contribution in [3.8, 4) is 0 Å². The number of aromatic amines is 1. The van der Waals surface area contributed by atoms with E-state index in [1.807, 2.05) is 0 Å². The number of nitrogens with zero attached hydrogens (tertiary/aromatic N) is 2. The van der Waals surface area contributed by atoms with Gasteiger partial charge in [0.2, 0.25) is 15.9 Å². The molecule has 182 valence electrons. The number of benzene rings is 1. The molecule has 0 aliphatic carbocycles. The Morgan fingerprint density at radius 3 is 2.82 bits per heavy atom. The average molecular weight is 525 g/mol. The van der Waals surface area contributed by atoms with Crippen molar-refractivity contribution in [2.45, 2.75) is 38.5 Å². The molecule has 1 amide bonds. The number of rotatable bonds is 6. The lowest BCUT2D eigenvalue weighted by molar-refractivity contribution is -0.120. The van der Waals surface area contributed by atoms with E-state index in [2.05, 4.69) is 15.3 Å². The summed E-state index contributed by atoms with van der Waals surface area (Å²) in [6.45, 7) is 5.31. The van der Waals surface area contributed by atoms with Crippen molar-refractivity contribution in [2.24, 2.45) is 5.92 Å². The molecule has 12 heteroatoms. The van der Waals surface area contributed by atoms with Crippen LogP contribution in [0.3, 0.4) is 0 Å². The van der Waals surface area contributed by atoms with Gasteiger partial charge in [0.05, 0.1) is 22.7 Å². The number of thiazole rings is 1. The van der Waals surface area contributed by atoms with Crippen molar-refractivity contribution in [3.63, 3.8) is 0 Å². The van der Waals surface area contributed by atoms with Crippen LogP contribution in [0.1, 0.15) is 41.5 Å². The van der Waals surface area contributed by atoms with Gasteiger partial charge in [0, 0.05) is 29.5 Å². The number of hydrogen-bond donors (Lipinski definition) is 2. The number of hydrogen-bond acceptors (Lipinski definition) is 7. The minimum atomic E-state index is -4.04. The number of ether oxygens (including phenoxy) is 1. The Hall–Kier alpha value is -2.47. The quantitative estimate of drug-likeness (QED) is 0.468. The maximum absolute atomic E-state index is 13.6. The van der Waals surface area contributed by atoms with E-state index >= 15 is 0 Å². The molecule has 1 aromatic carbocycles. The highest BCUT2D eigenvalue weighted by atomic mass is 35.5. The van der Waals surface area contributed by atoms with E-state index in [0.29, 0.717) is 34.4 Å². The molecule has 2 aromatic heterocycles. The van der Waals surface area contributed by atoms with E-state index in [1.54, 1.807) is 39.0 Å². The molecular formula is C22H25ClN4O5S2. The van der Waals surface area contributed by atoms with Gasteiger partial charge in [0.1, 0.15) is 10.5 Å². The first kappa shape index (κ1) is 24.6. The number of amides is 1. The van der Waals surface area contributed by atoms with Crippen LogP contribution < -0.4 is 5.32 Å². The van der Waals surface area contributed by atoms with Crippen LogP contribution in [0.5, 0.6) is 0 Å². The van der Waals surface area contributed by atoms with Crippen molar-refractivity contribution in [1.29, 1.82) is 0 Å². The maximum Gasteiger partial charge on any atom is 0.341 e. The van der Waals surface area contributed by atoms with Gasteiger partial charge in [0.15, 0.2) is 5.13 Å². The summed E-state index contributed by atoms with van der Waals surface area (Å²) in [7, 11) is -4.04. The Balaban J connectivity index is 1.55. The van der Waals surface area contributed by atoms with Crippen molar-refractivity contribution in [3.05, 3.63) is 40.2 Å². The van der Waals surface area contributed by atoms with Crippen LogP contribution in [0, 0.1) is 19.8 Å². The van der Waals surface area contributed by atoms with Crippen LogP contribution in [0.2, 0.25) is 5.02 Å². The largest absolute Gasteiger partial charge is 0.462 e. The Bertz CT molecular complexity index is 1370. The van der Waals surface area contributed by atoms with Gasteiger partial charge in [-0.15, -0.1) is 0 Å². The fourth-order valence-corrected chi connectivity index (χ4v) is 7.27. The number of sulfonamides is 1. The first-order chi connectivity index (χ1) is 16.1. The third-order valence-corrected chi connectivity index (χ3v) is 8.94. The lowest BCUT2D eigenvalue weighted by Gasteiger charge is -2.31. The zero-order valence-corrected chi connectivity index (χ0v) is 21.4. The minimum absolute atomic E-state index is 0.0107. The van der Waals surface area contributed by atoms with Gasteiger partial charge in [-0.3, -0.25) is 4.79 Å². The van der Waals surface area contributed by atoms with E-state index in [9.17, 15) is 18.0 Å². The van der Waals surface area contributed by atoms with Crippen LogP contribution >= 0.6 is 22.9 Å². The molecule has 2 N–H and O–H groups in total. The van der Waals surface area contributed by atoms with Crippen molar-refractivity contribution < 1.29 is 22.7 Å². The summed E-state index contributed by atoms with van der Waals surface area (Å²) in [5.74, 6) is -1.53. The average Bonchev–Trinajstić information content (AvgIpc) is 3.32. The standard InChI is InChI=1S/C22H25ClN4O5S2/c1-4-32-21(29)18-12(2)24-13(3)19(18)34(30,31)27-9-5-6-14(11-27)20(28)26-22-25-16-8-7-15(23)10-17(16)33-22/h7-8,10,14,24H,4-6,9,11H2,1-3H3,(H,25,26,28). The summed E-state index contributed by atoms with van der Waals surface area (Å²) < 4.78 is 34.3. The number of aryl methyl sites for hydroxylation is 2. The topological polar surface area (TPSA) is 121 Å². The highest BCUT2D eigenvalue weighted by molar-refractivity contribution is 7.89. The molecular weight excluding hydrogens is 500 g/mol. The normalized spacial score (nSPS) is 17.1. The Morgan fingerprint density at radius 1 is 1.32 bits per heavy atom. The zero-order valence-electron chi connectivity index (χ0n) is 19.0. The molecule has 3 aromatic rings. The number of carbonyl (C=O) groups is 2. The maximum atomic E-state index is 13.6. The molecule has 4 rings (SSSR count). The van der Waals surface area contributed by atoms with Gasteiger partial charge in [-0.05, 0) is 51.8 Å². The lowest BCUT2D eigenvalue weighted by Crippen LogP contribution is -2.44. The van der Waals surface area contributed by atoms with Crippen molar-refractivity contribution >= 4 is 60.2 Å². The van der Waals surface area contributed by atoms with Crippen molar-refractivity contribution in [2.75, 3.05) is 25.0 Å². The predicted molar refractivity (Wildman–Crippen MR) is 131 cm³/mol. The number of nitrogens with one attached hydrogen (secondary N) is 2. The smallest absolute Gasteiger partial charge is 0.341 e. The van der Waals surface area contributed by atoms with Crippen LogP contribution in [0.15, 0.2) is 23.1 Å². The second-order valence-electron chi connectivity index (χ2n) is 8.12. The number of esters is 1. The summed E-state index contributed by atoms with van der Waals surface area (Å²) in [4.78, 5) is 32.7. The highest BCUT2D eigenvalue weighted by Crippen LogP contribution is 2.32. The SMILES string of the molecule is CCOC(=O)c1c(C)[nH]c(C)c1S(=O)(=O)N1CCCC(C(=O)Nc2nc3ccc(Cl)cc3s2)C1. The molecule has 1 fully saturated rings. The van der Waals surface area contributed by atoms with Gasteiger partial charge in [-0.2, -0.15) is 4.31 Å². The molecule has 34 heavy (non-hydrogen) atoms. The number of anilines is 1. The molecule has 9 nitrogen and oxygen atoms in total. The third-order valence-electron chi connectivity index (χ3n) is 5.73. The molecule has 0 saturated carbocycles. The lowest BCUT2D eigenvalue weighted by atomic mass is 9.99. The molecule has 0 bridgehead atoms. The Labute approximate surface area is 206 Å². The fourth-order valence-electron chi connectivity index (χ4n) is 4.19. The first-order valence-corrected chi connectivity index (χ1v) is 13.5. The highest BCUT2D eigenvalue weighted by Gasteiger charge is 2.38. The monoisotopic (exact) mass is 524 g/mol. The Morgan fingerprint density at radius 2 is 2.09 bits per heavy atom. The second-order valence-corrected chi connectivity index (χ2v) is 11.5. The summed E-state index contributed by atoms with van der Waals surface area (Å²) >= 11 is 7.33. The van der Waals surface area contributed by atoms with E-state index in [1.165, 1.54) is 15.6 Å². The van der Waals surface area contributed by atoms with Crippen molar-refractivity contribution in [1.82, 2.24) is 14.3 Å². The van der Waals surface area contributed by atoms with Gasteiger partial charge in [-0.1, -0.05) is 22.9 Å². The summed E-state index contributed by atoms with van der Waals surface area (Å²) in [6.07, 6.45) is 1.06. The van der Waals surface area contributed by atoms with Crippen LogP contribution in [0.25, 0.3) is 10.2 Å². The number of aromatic nitrogens is 2. The number of piperidine rings is 1. The van der Waals surface area contributed by atoms with Gasteiger partial charge < -0.3 is 15.0 Å². The molecule has 3 heterocycles. The second kappa shape index (κ2) is 9.65. The number of fused-ring (bicyclic) bond motifs is 1. The first-order valence-electron chi connectivity index (χ1n) is 10.8. The molecule has 0 radical (unpaired) electrons. The Kier molecular flexibility index (Phi) is 6.99. The van der Waals surface area contributed by atoms with Gasteiger partial charge in [-0.25, -0.2) is 18.2 Å². The van der Waals surface area contributed by atoms with Crippen LogP contribution in [-0.2, 0) is 19.6 Å². The van der Waals surface area contributed by atoms with Gasteiger partial charge in [0.25, 0.3) is 0 Å². The molecule has 1 saturated heterocycles. The molecule has 1 aliphatic heterocycles. The summed E-state index contributed by atoms with van der Waals surface area (Å²) in [5.41, 5.74) is 1.53. The van der Waals surface area contributed by atoms with E-state index in [0.717, 1.165) is 10.2 Å². The predicted octanol–water partition coefficient (Wildman–Crippen LogP) is 4.11. The third kappa shape index (κ3) is 4.70. The number of carbonyl (C=O) groups excluding carboxylic acids is 2. The van der Waals surface area contributed by atoms with E-state index < -0.39 is 21.9 Å². The fraction of sp³-hybridized carbons (Fsp3) is 0.409. The van der Waals surface area contributed by atoms with Crippen LogP contribution in [0.4, 0.5) is 5.13 Å². The summed E-state index contributed by atoms with van der Waals surface area (Å²) in [5, 5.41) is 3.83. The molecule has 1 unspecified atom stereocenters. The van der Waals surface area contributed by atoms with Gasteiger partial charge >= 0.3 is 5.97 Å². The zero-order chi connectivity index (χ0) is 24.6. The summed E-state index contributed by atoms with van der Waals surface area (Å²) in [6, 6.07) is 5.29. The van der Waals surface area contributed by atoms with E-state index in [-0.39, 0.29) is 36.1 Å². The number of H-pyrrole nitrogens is 1.